The Morgan fingerprint density at radius 3 is 2.76 bits per heavy atom. The van der Waals surface area contributed by atoms with E-state index in [2.05, 4.69) is 20.8 Å². The van der Waals surface area contributed by atoms with E-state index in [9.17, 15) is 9.59 Å². The number of nitrogens with zero attached hydrogens (tertiary/aromatic N) is 2. The van der Waals surface area contributed by atoms with Crippen molar-refractivity contribution in [2.45, 2.75) is 26.7 Å². The van der Waals surface area contributed by atoms with Gasteiger partial charge >= 0.3 is 11.8 Å². The van der Waals surface area contributed by atoms with Gasteiger partial charge in [0.05, 0.1) is 5.69 Å². The molecular formula is C17H20N6O2. The maximum atomic E-state index is 11.9. The molecule has 0 aliphatic heterocycles. The second-order valence-electron chi connectivity index (χ2n) is 5.71. The van der Waals surface area contributed by atoms with E-state index in [4.69, 9.17) is 11.0 Å². The number of nitrogen functional groups attached to an aromatic ring is 1. The summed E-state index contributed by atoms with van der Waals surface area (Å²) in [6, 6.07) is 7.54. The minimum Gasteiger partial charge on any atom is -0.381 e. The third-order valence-corrected chi connectivity index (χ3v) is 3.71. The molecule has 0 atom stereocenters. The minimum absolute atomic E-state index is 0.161. The summed E-state index contributed by atoms with van der Waals surface area (Å²) in [5.41, 5.74) is 9.07. The smallest absolute Gasteiger partial charge is 0.313 e. The molecule has 0 saturated heterocycles. The molecule has 0 spiro atoms. The van der Waals surface area contributed by atoms with E-state index < -0.39 is 11.8 Å². The van der Waals surface area contributed by atoms with Crippen molar-refractivity contribution < 1.29 is 9.59 Å². The Kier molecular flexibility index (Phi) is 5.74. The Morgan fingerprint density at radius 2 is 2.08 bits per heavy atom. The van der Waals surface area contributed by atoms with Crippen molar-refractivity contribution in [1.82, 2.24) is 15.5 Å². The number of nitriles is 1. The summed E-state index contributed by atoms with van der Waals surface area (Å²) in [5, 5.41) is 20.6. The minimum atomic E-state index is -0.713. The normalized spacial score (nSPS) is 10.1. The number of H-pyrrole nitrogens is 1. The van der Waals surface area contributed by atoms with Crippen LogP contribution in [0.1, 0.15) is 28.8 Å². The Bertz CT molecular complexity index is 834. The summed E-state index contributed by atoms with van der Waals surface area (Å²) in [4.78, 5) is 23.8. The summed E-state index contributed by atoms with van der Waals surface area (Å²) < 4.78 is 0. The molecule has 0 aliphatic carbocycles. The highest BCUT2D eigenvalue weighted by atomic mass is 16.2. The molecule has 25 heavy (non-hydrogen) atoms. The monoisotopic (exact) mass is 340 g/mol. The zero-order valence-electron chi connectivity index (χ0n) is 14.1. The first-order valence-corrected chi connectivity index (χ1v) is 7.81. The van der Waals surface area contributed by atoms with Crippen LogP contribution in [0.4, 0.5) is 11.5 Å². The van der Waals surface area contributed by atoms with Crippen molar-refractivity contribution >= 4 is 23.3 Å². The van der Waals surface area contributed by atoms with Crippen LogP contribution in [0.25, 0.3) is 0 Å². The molecule has 0 unspecified atom stereocenters. The molecule has 8 nitrogen and oxygen atoms in total. The number of hydrogen-bond acceptors (Lipinski definition) is 5. The number of aromatic nitrogens is 2. The average molecular weight is 340 g/mol. The molecular weight excluding hydrogens is 320 g/mol. The molecule has 0 radical (unpaired) electrons. The van der Waals surface area contributed by atoms with Crippen LogP contribution in [-0.4, -0.2) is 28.6 Å². The summed E-state index contributed by atoms with van der Waals surface area (Å²) in [6.45, 7) is 4.11. The van der Waals surface area contributed by atoms with E-state index in [-0.39, 0.29) is 5.82 Å². The van der Waals surface area contributed by atoms with Gasteiger partial charge in [0, 0.05) is 12.2 Å². The second kappa shape index (κ2) is 7.97. The number of aromatic amines is 1. The molecule has 1 heterocycles. The SMILES string of the molecule is Cc1ccc(NC(=O)C(=O)NCCCc2[nH]nc(N)c2C#N)c(C)c1. The van der Waals surface area contributed by atoms with E-state index >= 15 is 0 Å². The highest BCUT2D eigenvalue weighted by molar-refractivity contribution is 6.39. The van der Waals surface area contributed by atoms with Gasteiger partial charge in [-0.3, -0.25) is 14.7 Å². The predicted molar refractivity (Wildman–Crippen MR) is 93.6 cm³/mol. The quantitative estimate of drug-likeness (QED) is 0.478. The van der Waals surface area contributed by atoms with Crippen LogP contribution in [0.15, 0.2) is 18.2 Å². The number of carbonyl (C=O) groups excluding carboxylic acids is 2. The number of carbonyl (C=O) groups is 2. The number of nitrogens with two attached hydrogens (primary N) is 1. The lowest BCUT2D eigenvalue weighted by atomic mass is 10.1. The summed E-state index contributed by atoms with van der Waals surface area (Å²) in [6.07, 6.45) is 1.03. The molecule has 2 aromatic rings. The van der Waals surface area contributed by atoms with Crippen molar-refractivity contribution in [3.05, 3.63) is 40.6 Å². The number of amides is 2. The van der Waals surface area contributed by atoms with E-state index in [1.807, 2.05) is 32.0 Å². The fourth-order valence-electron chi connectivity index (χ4n) is 2.38. The molecule has 2 amide bonds. The molecule has 2 rings (SSSR count). The number of anilines is 2. The van der Waals surface area contributed by atoms with Gasteiger partial charge in [-0.05, 0) is 38.3 Å². The van der Waals surface area contributed by atoms with Crippen molar-refractivity contribution in [2.75, 3.05) is 17.6 Å². The Hall–Kier alpha value is -3.34. The van der Waals surface area contributed by atoms with Gasteiger partial charge in [0.2, 0.25) is 0 Å². The largest absolute Gasteiger partial charge is 0.381 e. The van der Waals surface area contributed by atoms with E-state index in [0.29, 0.717) is 36.3 Å². The van der Waals surface area contributed by atoms with Gasteiger partial charge in [-0.25, -0.2) is 0 Å². The maximum Gasteiger partial charge on any atom is 0.313 e. The fraction of sp³-hybridized carbons (Fsp3) is 0.294. The number of hydrogen-bond donors (Lipinski definition) is 4. The summed E-state index contributed by atoms with van der Waals surface area (Å²) in [7, 11) is 0. The molecule has 0 aliphatic rings. The third kappa shape index (κ3) is 4.57. The Labute approximate surface area is 145 Å². The number of nitrogens with one attached hydrogen (secondary N) is 3. The first-order valence-electron chi connectivity index (χ1n) is 7.81. The van der Waals surface area contributed by atoms with Gasteiger partial charge in [-0.1, -0.05) is 17.7 Å². The Morgan fingerprint density at radius 1 is 1.32 bits per heavy atom. The van der Waals surface area contributed by atoms with Crippen molar-refractivity contribution in [3.8, 4) is 6.07 Å². The molecule has 1 aromatic carbocycles. The first kappa shape index (κ1) is 18.0. The van der Waals surface area contributed by atoms with Gasteiger partial charge in [0.1, 0.15) is 11.6 Å². The van der Waals surface area contributed by atoms with E-state index in [1.54, 1.807) is 6.07 Å². The van der Waals surface area contributed by atoms with Crippen molar-refractivity contribution in [3.63, 3.8) is 0 Å². The van der Waals surface area contributed by atoms with Gasteiger partial charge < -0.3 is 16.4 Å². The van der Waals surface area contributed by atoms with E-state index in [0.717, 1.165) is 11.1 Å². The molecule has 0 saturated carbocycles. The standard InChI is InChI=1S/C17H20N6O2/c1-10-5-6-13(11(2)8-10)21-17(25)16(24)20-7-3-4-14-12(9-18)15(19)23-22-14/h5-6,8H,3-4,7H2,1-2H3,(H,20,24)(H,21,25)(H3,19,22,23). The molecule has 8 heteroatoms. The van der Waals surface area contributed by atoms with Crippen molar-refractivity contribution in [2.24, 2.45) is 0 Å². The van der Waals surface area contributed by atoms with Crippen LogP contribution in [0, 0.1) is 25.2 Å². The lowest BCUT2D eigenvalue weighted by Gasteiger charge is -2.09. The molecule has 5 N–H and O–H groups in total. The van der Waals surface area contributed by atoms with Crippen LogP contribution < -0.4 is 16.4 Å². The van der Waals surface area contributed by atoms with E-state index in [1.165, 1.54) is 0 Å². The predicted octanol–water partition coefficient (Wildman–Crippen LogP) is 1.17. The van der Waals surface area contributed by atoms with Gasteiger partial charge in [0.25, 0.3) is 0 Å². The van der Waals surface area contributed by atoms with Gasteiger partial charge in [-0.15, -0.1) is 0 Å². The zero-order valence-corrected chi connectivity index (χ0v) is 14.1. The van der Waals surface area contributed by atoms with Crippen LogP contribution >= 0.6 is 0 Å². The second-order valence-corrected chi connectivity index (χ2v) is 5.71. The highest BCUT2D eigenvalue weighted by Crippen LogP contribution is 2.16. The third-order valence-electron chi connectivity index (χ3n) is 3.71. The van der Waals surface area contributed by atoms with Crippen molar-refractivity contribution in [1.29, 1.82) is 5.26 Å². The Balaban J connectivity index is 1.80. The maximum absolute atomic E-state index is 11.9. The number of aryl methyl sites for hydroxylation is 3. The van der Waals surface area contributed by atoms with Crippen LogP contribution in [0.5, 0.6) is 0 Å². The zero-order chi connectivity index (χ0) is 18.4. The fourth-order valence-corrected chi connectivity index (χ4v) is 2.38. The topological polar surface area (TPSA) is 137 Å². The number of benzene rings is 1. The highest BCUT2D eigenvalue weighted by Gasteiger charge is 2.15. The average Bonchev–Trinajstić information content (AvgIpc) is 2.93. The molecule has 1 aromatic heterocycles. The first-order chi connectivity index (χ1) is 11.9. The summed E-state index contributed by atoms with van der Waals surface area (Å²) in [5.74, 6) is -1.26. The number of rotatable bonds is 5. The molecule has 0 bridgehead atoms. The molecule has 130 valence electrons. The molecule has 0 fully saturated rings. The van der Waals surface area contributed by atoms with Gasteiger partial charge in [0.15, 0.2) is 5.82 Å². The lowest BCUT2D eigenvalue weighted by Crippen LogP contribution is -2.36. The summed E-state index contributed by atoms with van der Waals surface area (Å²) >= 11 is 0. The van der Waals surface area contributed by atoms with Crippen LogP contribution in [0.2, 0.25) is 0 Å². The lowest BCUT2D eigenvalue weighted by molar-refractivity contribution is -0.136. The van der Waals surface area contributed by atoms with Crippen LogP contribution in [0.3, 0.4) is 0 Å². The van der Waals surface area contributed by atoms with Crippen LogP contribution in [-0.2, 0) is 16.0 Å². The van der Waals surface area contributed by atoms with Gasteiger partial charge in [-0.2, -0.15) is 10.4 Å².